The lowest BCUT2D eigenvalue weighted by Gasteiger charge is -2.24. The quantitative estimate of drug-likeness (QED) is 0.900. The number of hydrogen-bond acceptors (Lipinski definition) is 2. The molecule has 3 nitrogen and oxygen atoms in total. The number of benzene rings is 1. The van der Waals surface area contributed by atoms with E-state index in [9.17, 15) is 13.4 Å². The molecule has 0 bridgehead atoms. The third-order valence-corrected chi connectivity index (χ3v) is 4.61. The maximum Gasteiger partial charge on any atom is 0.335 e. The summed E-state index contributed by atoms with van der Waals surface area (Å²) in [6.07, 6.45) is 3.21. The van der Waals surface area contributed by atoms with Crippen molar-refractivity contribution < 1.29 is 18.5 Å². The number of hydrogen-bond donors (Lipinski definition) is 1. The van der Waals surface area contributed by atoms with Crippen LogP contribution < -0.4 is 0 Å². The molecular formula is C12H13FO3S. The van der Waals surface area contributed by atoms with E-state index in [1.807, 2.05) is 0 Å². The summed E-state index contributed by atoms with van der Waals surface area (Å²) >= 11 is 0. The van der Waals surface area contributed by atoms with E-state index < -0.39 is 22.6 Å². The fraction of sp³-hybridized carbons (Fsp3) is 0.417. The minimum Gasteiger partial charge on any atom is -0.478 e. The molecule has 0 spiro atoms. The van der Waals surface area contributed by atoms with Crippen LogP contribution in [0.25, 0.3) is 0 Å². The van der Waals surface area contributed by atoms with Crippen LogP contribution in [0.2, 0.25) is 0 Å². The van der Waals surface area contributed by atoms with Crippen molar-refractivity contribution in [1.29, 1.82) is 0 Å². The van der Waals surface area contributed by atoms with Crippen molar-refractivity contribution in [2.75, 3.05) is 5.75 Å². The van der Waals surface area contributed by atoms with E-state index in [1.165, 1.54) is 12.1 Å². The number of carboxylic acid groups (broad SMARTS) is 1. The van der Waals surface area contributed by atoms with Crippen LogP contribution in [0.5, 0.6) is 0 Å². The third kappa shape index (κ3) is 2.72. The molecule has 0 amide bonds. The van der Waals surface area contributed by atoms with Gasteiger partial charge >= 0.3 is 5.97 Å². The fourth-order valence-corrected chi connectivity index (χ4v) is 3.26. The fourth-order valence-electron chi connectivity index (χ4n) is 1.77. The Balaban J connectivity index is 2.20. The van der Waals surface area contributed by atoms with E-state index in [0.29, 0.717) is 11.7 Å². The van der Waals surface area contributed by atoms with Crippen LogP contribution in [-0.2, 0) is 10.8 Å². The van der Waals surface area contributed by atoms with Crippen LogP contribution in [0, 0.1) is 11.7 Å². The van der Waals surface area contributed by atoms with E-state index in [1.54, 1.807) is 0 Å². The molecule has 5 heteroatoms. The largest absolute Gasteiger partial charge is 0.478 e. The van der Waals surface area contributed by atoms with Gasteiger partial charge in [0.25, 0.3) is 0 Å². The first-order valence-corrected chi connectivity index (χ1v) is 6.81. The molecule has 1 N–H and O–H groups in total. The van der Waals surface area contributed by atoms with E-state index in [-0.39, 0.29) is 10.5 Å². The first-order valence-electron chi connectivity index (χ1n) is 5.49. The van der Waals surface area contributed by atoms with Crippen LogP contribution in [0.15, 0.2) is 23.1 Å². The van der Waals surface area contributed by atoms with Crippen molar-refractivity contribution >= 4 is 16.8 Å². The van der Waals surface area contributed by atoms with Gasteiger partial charge in [0.15, 0.2) is 0 Å². The molecule has 1 atom stereocenters. The third-order valence-electron chi connectivity index (χ3n) is 3.04. The zero-order valence-corrected chi connectivity index (χ0v) is 10.0. The maximum absolute atomic E-state index is 13.5. The number of rotatable bonds is 4. The van der Waals surface area contributed by atoms with Crippen molar-refractivity contribution in [1.82, 2.24) is 0 Å². The molecule has 1 aliphatic rings. The Morgan fingerprint density at radius 1 is 1.47 bits per heavy atom. The zero-order valence-electron chi connectivity index (χ0n) is 9.19. The summed E-state index contributed by atoms with van der Waals surface area (Å²) in [5.41, 5.74) is -0.0247. The molecule has 2 rings (SSSR count). The topological polar surface area (TPSA) is 54.4 Å². The highest BCUT2D eigenvalue weighted by Gasteiger charge is 2.22. The van der Waals surface area contributed by atoms with Gasteiger partial charge in [0.2, 0.25) is 0 Å². The molecule has 1 fully saturated rings. The van der Waals surface area contributed by atoms with Gasteiger partial charge in [0.05, 0.1) is 21.3 Å². The van der Waals surface area contributed by atoms with Gasteiger partial charge in [-0.1, -0.05) is 6.42 Å². The average molecular weight is 256 g/mol. The van der Waals surface area contributed by atoms with Crippen molar-refractivity contribution in [3.8, 4) is 0 Å². The normalized spacial score (nSPS) is 17.5. The first kappa shape index (κ1) is 12.2. The molecule has 1 aromatic carbocycles. The zero-order chi connectivity index (χ0) is 12.4. The molecule has 1 unspecified atom stereocenters. The lowest BCUT2D eigenvalue weighted by molar-refractivity contribution is 0.0696. The molecule has 1 aromatic rings. The molecular weight excluding hydrogens is 243 g/mol. The predicted molar refractivity (Wildman–Crippen MR) is 62.0 cm³/mol. The molecule has 1 aliphatic carbocycles. The van der Waals surface area contributed by atoms with Crippen LogP contribution in [0.4, 0.5) is 4.39 Å². The minimum absolute atomic E-state index is 0.0109. The van der Waals surface area contributed by atoms with Gasteiger partial charge in [-0.05, 0) is 37.0 Å². The van der Waals surface area contributed by atoms with Crippen LogP contribution in [0.3, 0.4) is 0 Å². The lowest BCUT2D eigenvalue weighted by Crippen LogP contribution is -2.19. The van der Waals surface area contributed by atoms with Crippen molar-refractivity contribution in [2.24, 2.45) is 5.92 Å². The molecule has 0 aliphatic heterocycles. The van der Waals surface area contributed by atoms with Gasteiger partial charge in [-0.3, -0.25) is 4.21 Å². The van der Waals surface area contributed by atoms with Gasteiger partial charge in [-0.2, -0.15) is 0 Å². The van der Waals surface area contributed by atoms with Gasteiger partial charge in [0, 0.05) is 5.75 Å². The molecule has 0 saturated heterocycles. The standard InChI is InChI=1S/C12H13FO3S/c13-10-5-4-9(12(14)15)6-11(10)17(16)7-8-2-1-3-8/h4-6,8H,1-3,7H2,(H,14,15). The molecule has 1 saturated carbocycles. The number of carboxylic acids is 1. The SMILES string of the molecule is O=C(O)c1ccc(F)c(S(=O)CC2CCC2)c1. The van der Waals surface area contributed by atoms with Crippen molar-refractivity contribution in [2.45, 2.75) is 24.2 Å². The Kier molecular flexibility index (Phi) is 3.57. The summed E-state index contributed by atoms with van der Waals surface area (Å²) in [5, 5.41) is 8.80. The second kappa shape index (κ2) is 4.96. The van der Waals surface area contributed by atoms with Crippen LogP contribution in [-0.4, -0.2) is 21.0 Å². The van der Waals surface area contributed by atoms with Gasteiger partial charge in [0.1, 0.15) is 5.82 Å². The van der Waals surface area contributed by atoms with E-state index >= 15 is 0 Å². The summed E-state index contributed by atoms with van der Waals surface area (Å²) in [6.45, 7) is 0. The minimum atomic E-state index is -1.44. The predicted octanol–water partition coefficient (Wildman–Crippen LogP) is 2.43. The summed E-state index contributed by atoms with van der Waals surface area (Å²) in [6, 6.07) is 3.42. The van der Waals surface area contributed by atoms with Gasteiger partial charge < -0.3 is 5.11 Å². The Bertz CT molecular complexity index is 469. The van der Waals surface area contributed by atoms with Crippen LogP contribution >= 0.6 is 0 Å². The average Bonchev–Trinajstić information content (AvgIpc) is 2.23. The molecule has 0 radical (unpaired) electrons. The van der Waals surface area contributed by atoms with Gasteiger partial charge in [-0.15, -0.1) is 0 Å². The highest BCUT2D eigenvalue weighted by molar-refractivity contribution is 7.85. The maximum atomic E-state index is 13.5. The van der Waals surface area contributed by atoms with E-state index in [0.717, 1.165) is 25.3 Å². The Labute approximate surface area is 101 Å². The van der Waals surface area contributed by atoms with Crippen molar-refractivity contribution in [3.63, 3.8) is 0 Å². The lowest BCUT2D eigenvalue weighted by atomic mass is 9.87. The van der Waals surface area contributed by atoms with Crippen molar-refractivity contribution in [3.05, 3.63) is 29.6 Å². The summed E-state index contributed by atoms with van der Waals surface area (Å²) < 4.78 is 25.4. The number of carbonyl (C=O) groups is 1. The molecule has 92 valence electrons. The van der Waals surface area contributed by atoms with E-state index in [2.05, 4.69) is 0 Å². The molecule has 0 heterocycles. The summed E-state index contributed by atoms with van der Waals surface area (Å²) in [7, 11) is -1.44. The second-order valence-electron chi connectivity index (χ2n) is 4.26. The highest BCUT2D eigenvalue weighted by Crippen LogP contribution is 2.29. The van der Waals surface area contributed by atoms with E-state index in [4.69, 9.17) is 5.11 Å². The summed E-state index contributed by atoms with van der Waals surface area (Å²) in [4.78, 5) is 10.8. The highest BCUT2D eigenvalue weighted by atomic mass is 32.2. The smallest absolute Gasteiger partial charge is 0.335 e. The Morgan fingerprint density at radius 2 is 2.18 bits per heavy atom. The van der Waals surface area contributed by atoms with Crippen LogP contribution in [0.1, 0.15) is 29.6 Å². The number of halogens is 1. The van der Waals surface area contributed by atoms with Gasteiger partial charge in [-0.25, -0.2) is 9.18 Å². The monoisotopic (exact) mass is 256 g/mol. The molecule has 17 heavy (non-hydrogen) atoms. The Hall–Kier alpha value is -1.23. The number of aromatic carboxylic acids is 1. The second-order valence-corrected chi connectivity index (χ2v) is 5.72. The Morgan fingerprint density at radius 3 is 2.71 bits per heavy atom. The summed E-state index contributed by atoms with van der Waals surface area (Å²) in [5.74, 6) is -0.900. The first-order chi connectivity index (χ1) is 8.08. The molecule has 0 aromatic heterocycles.